The molecule has 0 heterocycles. The largest absolute Gasteiger partial charge is 0.329 e. The molecule has 22 heavy (non-hydrogen) atoms. The highest BCUT2D eigenvalue weighted by Gasteiger charge is 2.25. The minimum absolute atomic E-state index is 0. The van der Waals surface area contributed by atoms with Gasteiger partial charge in [0, 0.05) is 12.1 Å². The first-order valence-electron chi connectivity index (χ1n) is 7.68. The first-order valence-corrected chi connectivity index (χ1v) is 9.16. The van der Waals surface area contributed by atoms with Crippen LogP contribution in [-0.4, -0.2) is 20.5 Å². The molecule has 1 aromatic rings. The molecule has 0 radical (unpaired) electrons. The topological polar surface area (TPSA) is 72.2 Å². The lowest BCUT2D eigenvalue weighted by atomic mass is 9.84. The normalized spacial score (nSPS) is 17.0. The van der Waals surface area contributed by atoms with E-state index in [4.69, 9.17) is 5.73 Å². The highest BCUT2D eigenvalue weighted by molar-refractivity contribution is 7.89. The van der Waals surface area contributed by atoms with Crippen molar-refractivity contribution < 1.29 is 8.42 Å². The van der Waals surface area contributed by atoms with Gasteiger partial charge >= 0.3 is 0 Å². The number of benzene rings is 1. The second-order valence-corrected chi connectivity index (χ2v) is 8.28. The van der Waals surface area contributed by atoms with Crippen LogP contribution in [0.25, 0.3) is 0 Å². The minimum atomic E-state index is -3.51. The number of hydrogen-bond donors (Lipinski definition) is 2. The van der Waals surface area contributed by atoms with Gasteiger partial charge in [0.2, 0.25) is 10.0 Å². The Hall–Kier alpha value is -0.620. The second-order valence-electron chi connectivity index (χ2n) is 6.60. The molecule has 0 atom stereocenters. The molecule has 1 fully saturated rings. The van der Waals surface area contributed by atoms with Crippen molar-refractivity contribution in [3.63, 3.8) is 0 Å². The van der Waals surface area contributed by atoms with E-state index in [1.807, 2.05) is 12.1 Å². The SMILES string of the molecule is CC(C)(CN)NS(=O)(=O)c1ccc(C2CCCCC2)cc1.Cl. The molecular formula is C16H27ClN2O2S. The van der Waals surface area contributed by atoms with Gasteiger partial charge in [-0.3, -0.25) is 0 Å². The smallest absolute Gasteiger partial charge is 0.241 e. The van der Waals surface area contributed by atoms with E-state index in [9.17, 15) is 8.42 Å². The van der Waals surface area contributed by atoms with Crippen LogP contribution >= 0.6 is 12.4 Å². The van der Waals surface area contributed by atoms with E-state index in [0.717, 1.165) is 0 Å². The van der Waals surface area contributed by atoms with Gasteiger partial charge in [-0.15, -0.1) is 12.4 Å². The molecular weight excluding hydrogens is 320 g/mol. The van der Waals surface area contributed by atoms with E-state index < -0.39 is 15.6 Å². The van der Waals surface area contributed by atoms with Gasteiger partial charge in [-0.25, -0.2) is 13.1 Å². The average molecular weight is 347 g/mol. The fourth-order valence-electron chi connectivity index (χ4n) is 2.82. The zero-order chi connectivity index (χ0) is 15.5. The predicted octanol–water partition coefficient (Wildman–Crippen LogP) is 3.17. The molecule has 1 aliphatic rings. The van der Waals surface area contributed by atoms with Crippen molar-refractivity contribution in [2.45, 2.75) is 62.3 Å². The van der Waals surface area contributed by atoms with Gasteiger partial charge in [-0.2, -0.15) is 0 Å². The molecule has 2 rings (SSSR count). The number of halogens is 1. The van der Waals surface area contributed by atoms with Gasteiger partial charge in [0.05, 0.1) is 4.90 Å². The van der Waals surface area contributed by atoms with E-state index in [0.29, 0.717) is 10.8 Å². The molecule has 0 bridgehead atoms. The van der Waals surface area contributed by atoms with Gasteiger partial charge in [-0.05, 0) is 50.3 Å². The first-order chi connectivity index (χ1) is 9.84. The molecule has 0 aliphatic heterocycles. The van der Waals surface area contributed by atoms with E-state index in [-0.39, 0.29) is 19.0 Å². The van der Waals surface area contributed by atoms with Gasteiger partial charge in [0.25, 0.3) is 0 Å². The number of nitrogens with one attached hydrogen (secondary N) is 1. The summed E-state index contributed by atoms with van der Waals surface area (Å²) in [5.74, 6) is 0.587. The monoisotopic (exact) mass is 346 g/mol. The van der Waals surface area contributed by atoms with E-state index in [1.165, 1.54) is 37.7 Å². The van der Waals surface area contributed by atoms with Gasteiger partial charge in [0.15, 0.2) is 0 Å². The summed E-state index contributed by atoms with van der Waals surface area (Å²) in [5, 5.41) is 0. The lowest BCUT2D eigenvalue weighted by Crippen LogP contribution is -2.48. The zero-order valence-corrected chi connectivity index (χ0v) is 15.0. The van der Waals surface area contributed by atoms with Gasteiger partial charge < -0.3 is 5.73 Å². The summed E-state index contributed by atoms with van der Waals surface area (Å²) in [7, 11) is -3.51. The van der Waals surface area contributed by atoms with Crippen molar-refractivity contribution in [1.29, 1.82) is 0 Å². The summed E-state index contributed by atoms with van der Waals surface area (Å²) in [6, 6.07) is 7.33. The number of hydrogen-bond acceptors (Lipinski definition) is 3. The summed E-state index contributed by atoms with van der Waals surface area (Å²) in [6.45, 7) is 3.81. The minimum Gasteiger partial charge on any atom is -0.329 e. The second kappa shape index (κ2) is 7.77. The molecule has 0 spiro atoms. The molecule has 3 N–H and O–H groups in total. The van der Waals surface area contributed by atoms with Crippen LogP contribution in [0, 0.1) is 0 Å². The Bertz CT molecular complexity index is 564. The highest BCUT2D eigenvalue weighted by atomic mass is 35.5. The third-order valence-electron chi connectivity index (χ3n) is 4.19. The van der Waals surface area contributed by atoms with Crippen LogP contribution in [-0.2, 0) is 10.0 Å². The van der Waals surface area contributed by atoms with Crippen LogP contribution in [0.4, 0.5) is 0 Å². The third-order valence-corrected chi connectivity index (χ3v) is 5.90. The Balaban J connectivity index is 0.00000242. The summed E-state index contributed by atoms with van der Waals surface area (Å²) in [6.07, 6.45) is 6.30. The summed E-state index contributed by atoms with van der Waals surface area (Å²) in [5.41, 5.74) is 6.20. The van der Waals surface area contributed by atoms with Crippen LogP contribution in [0.15, 0.2) is 29.2 Å². The molecule has 126 valence electrons. The number of sulfonamides is 1. The maximum atomic E-state index is 12.3. The molecule has 0 amide bonds. The Morgan fingerprint density at radius 3 is 2.18 bits per heavy atom. The van der Waals surface area contributed by atoms with Gasteiger partial charge in [-0.1, -0.05) is 31.4 Å². The summed E-state index contributed by atoms with van der Waals surface area (Å²) >= 11 is 0. The van der Waals surface area contributed by atoms with Gasteiger partial charge in [0.1, 0.15) is 0 Å². The van der Waals surface area contributed by atoms with Crippen LogP contribution in [0.1, 0.15) is 57.4 Å². The van der Waals surface area contributed by atoms with Crippen molar-refractivity contribution in [3.05, 3.63) is 29.8 Å². The van der Waals surface area contributed by atoms with Crippen LogP contribution in [0.5, 0.6) is 0 Å². The Morgan fingerprint density at radius 2 is 1.68 bits per heavy atom. The van der Waals surface area contributed by atoms with E-state index in [2.05, 4.69) is 4.72 Å². The van der Waals surface area contributed by atoms with Crippen molar-refractivity contribution in [1.82, 2.24) is 4.72 Å². The van der Waals surface area contributed by atoms with Crippen molar-refractivity contribution in [3.8, 4) is 0 Å². The third kappa shape index (κ3) is 4.95. The maximum Gasteiger partial charge on any atom is 0.241 e. The lowest BCUT2D eigenvalue weighted by Gasteiger charge is -2.24. The predicted molar refractivity (Wildman–Crippen MR) is 93.0 cm³/mol. The lowest BCUT2D eigenvalue weighted by molar-refractivity contribution is 0.443. The maximum absolute atomic E-state index is 12.3. The standard InChI is InChI=1S/C16H26N2O2S.ClH/c1-16(2,12-17)18-21(19,20)15-10-8-14(9-11-15)13-6-4-3-5-7-13;/h8-11,13,18H,3-7,12,17H2,1-2H3;1H. The molecule has 0 saturated heterocycles. The van der Waals surface area contributed by atoms with Crippen molar-refractivity contribution in [2.24, 2.45) is 5.73 Å². The molecule has 1 aliphatic carbocycles. The van der Waals surface area contributed by atoms with Crippen molar-refractivity contribution in [2.75, 3.05) is 6.54 Å². The van der Waals surface area contributed by atoms with E-state index in [1.54, 1.807) is 26.0 Å². The molecule has 4 nitrogen and oxygen atoms in total. The Morgan fingerprint density at radius 1 is 1.14 bits per heavy atom. The quantitative estimate of drug-likeness (QED) is 0.860. The van der Waals surface area contributed by atoms with Crippen LogP contribution in [0.3, 0.4) is 0 Å². The summed E-state index contributed by atoms with van der Waals surface area (Å²) < 4.78 is 27.3. The fourth-order valence-corrected chi connectivity index (χ4v) is 4.24. The molecule has 1 saturated carbocycles. The average Bonchev–Trinajstić information content (AvgIpc) is 2.47. The molecule has 1 aromatic carbocycles. The Kier molecular flexibility index (Phi) is 6.86. The number of nitrogens with two attached hydrogens (primary N) is 1. The summed E-state index contributed by atoms with van der Waals surface area (Å²) in [4.78, 5) is 0.309. The Labute approximate surface area is 140 Å². The van der Waals surface area contributed by atoms with Crippen LogP contribution in [0.2, 0.25) is 0 Å². The molecule has 0 unspecified atom stereocenters. The van der Waals surface area contributed by atoms with E-state index >= 15 is 0 Å². The van der Waals surface area contributed by atoms with Crippen molar-refractivity contribution >= 4 is 22.4 Å². The number of rotatable bonds is 5. The fraction of sp³-hybridized carbons (Fsp3) is 0.625. The van der Waals surface area contributed by atoms with Crippen LogP contribution < -0.4 is 10.5 Å². The zero-order valence-electron chi connectivity index (χ0n) is 13.3. The molecule has 6 heteroatoms. The first kappa shape index (κ1) is 19.4. The molecule has 0 aromatic heterocycles. The highest BCUT2D eigenvalue weighted by Crippen LogP contribution is 2.32.